The number of benzene rings is 3. The average Bonchev–Trinajstić information content (AvgIpc) is 3.82. The number of nitrogens with one attached hydrogen (secondary N) is 1. The molecule has 316 valence electrons. The summed E-state index contributed by atoms with van der Waals surface area (Å²) in [7, 11) is 0. The number of amides is 1. The van der Waals surface area contributed by atoms with Gasteiger partial charge in [0.1, 0.15) is 22.8 Å². The molecule has 16 nitrogen and oxygen atoms in total. The molecule has 1 fully saturated rings. The van der Waals surface area contributed by atoms with E-state index in [2.05, 4.69) is 15.1 Å². The largest absolute Gasteiger partial charge is 0.508 e. The highest BCUT2D eigenvalue weighted by atomic mass is 16.6. The number of nitrogens with zero attached hydrogens (tertiary/aromatic N) is 6. The molecule has 9 rings (SSSR count). The number of phenolic OH excluding ortho intramolecular Hbond substituents is 2. The number of carbonyl (C=O) groups is 1. The predicted molar refractivity (Wildman–Crippen MR) is 225 cm³/mol. The Morgan fingerprint density at radius 3 is 2.44 bits per heavy atom. The number of aliphatic hydroxyl groups is 2. The number of hydrogen-bond donors (Lipinski definition) is 5. The molecule has 6 heterocycles. The Bertz CT molecular complexity index is 2840. The number of fused-ring (bicyclic) bond motifs is 5. The van der Waals surface area contributed by atoms with Crippen LogP contribution in [0.15, 0.2) is 70.3 Å². The molecular weight excluding hydrogens is 783 g/mol. The number of hydrogen-bond acceptors (Lipinski definition) is 12. The minimum atomic E-state index is -1.72. The number of ether oxygens (including phenoxy) is 2. The fourth-order valence-electron chi connectivity index (χ4n) is 8.94. The van der Waals surface area contributed by atoms with Gasteiger partial charge < -0.3 is 39.4 Å². The third-order valence-corrected chi connectivity index (χ3v) is 12.4. The smallest absolute Gasteiger partial charge is 0.415 e. The first-order valence-corrected chi connectivity index (χ1v) is 20.6. The molecule has 2 atom stereocenters. The number of aromatic amines is 1. The van der Waals surface area contributed by atoms with E-state index in [-0.39, 0.29) is 41.8 Å². The molecule has 61 heavy (non-hydrogen) atoms. The Morgan fingerprint density at radius 1 is 0.984 bits per heavy atom. The van der Waals surface area contributed by atoms with Crippen LogP contribution in [0.4, 0.5) is 4.79 Å². The van der Waals surface area contributed by atoms with Crippen LogP contribution in [0, 0.1) is 0 Å². The van der Waals surface area contributed by atoms with Gasteiger partial charge in [-0.3, -0.25) is 9.69 Å². The third-order valence-electron chi connectivity index (χ3n) is 12.4. The van der Waals surface area contributed by atoms with Crippen molar-refractivity contribution in [3.05, 3.63) is 115 Å². The van der Waals surface area contributed by atoms with Crippen molar-refractivity contribution in [3.63, 3.8) is 0 Å². The Morgan fingerprint density at radius 2 is 1.74 bits per heavy atom. The van der Waals surface area contributed by atoms with E-state index in [4.69, 9.17) is 14.5 Å². The normalized spacial score (nSPS) is 18.7. The number of rotatable bonds is 8. The minimum absolute atomic E-state index is 0.0209. The second-order valence-electron chi connectivity index (χ2n) is 16.3. The maximum atomic E-state index is 13.7. The van der Waals surface area contributed by atoms with Crippen LogP contribution in [-0.4, -0.2) is 93.1 Å². The molecule has 0 radical (unpaired) electrons. The molecule has 3 aromatic heterocycles. The summed E-state index contributed by atoms with van der Waals surface area (Å²) in [4.78, 5) is 49.0. The van der Waals surface area contributed by atoms with Gasteiger partial charge in [-0.05, 0) is 77.9 Å². The molecule has 1 saturated heterocycles. The third kappa shape index (κ3) is 6.75. The standard InChI is InChI=1S/C45H47N7O9/c1-5-28-30-17-27(11-12-35(30)46-39-32(28)22-51-36(39)19-34-33(41(51)55)23-60-42(56)45(34,59)6-2)61-44(58)50-15-13-49(14-16-50)21-25-7-9-26(10-8-25)52-40(47-48-43(52)57)31-18-29(24(3)4)37(53)20-38(31)54/h7-12,17-20,24,42,53-54,56,59H,5-6,13-16,21-23H2,1-4H3,(H,48,57). The molecule has 2 unspecified atom stereocenters. The Kier molecular flexibility index (Phi) is 10.1. The molecule has 3 aromatic carbocycles. The molecule has 0 aliphatic carbocycles. The number of phenols is 2. The SMILES string of the molecule is CCc1c2c(nc3ccc(OC(=O)N4CCN(Cc5ccc(-n6c(-c7cc(C(C)C)c(O)cc7O)n[nH]c6=O)cc5)CC4)cc13)-c1cc3c(c(=O)n1C2)COC(O)C3(O)CC. The molecule has 6 aromatic rings. The van der Waals surface area contributed by atoms with Crippen LogP contribution in [0.2, 0.25) is 0 Å². The number of piperazine rings is 1. The molecule has 0 saturated carbocycles. The molecule has 16 heteroatoms. The maximum Gasteiger partial charge on any atom is 0.415 e. The molecule has 3 aliphatic rings. The number of aliphatic hydroxyl groups excluding tert-OH is 1. The van der Waals surface area contributed by atoms with Gasteiger partial charge in [-0.1, -0.05) is 39.8 Å². The summed E-state index contributed by atoms with van der Waals surface area (Å²) in [5.41, 5.74) is 4.53. The van der Waals surface area contributed by atoms with Crippen molar-refractivity contribution in [3.8, 4) is 45.7 Å². The van der Waals surface area contributed by atoms with Gasteiger partial charge in [-0.15, -0.1) is 0 Å². The molecule has 3 aliphatic heterocycles. The number of aromatic nitrogens is 5. The van der Waals surface area contributed by atoms with Crippen LogP contribution < -0.4 is 16.0 Å². The summed E-state index contributed by atoms with van der Waals surface area (Å²) in [5.74, 6) is 0.373. The van der Waals surface area contributed by atoms with Crippen molar-refractivity contribution >= 4 is 17.0 Å². The number of aromatic hydroxyl groups is 2. The van der Waals surface area contributed by atoms with E-state index in [1.165, 1.54) is 10.6 Å². The van der Waals surface area contributed by atoms with E-state index in [0.29, 0.717) is 96.3 Å². The van der Waals surface area contributed by atoms with Gasteiger partial charge in [0.05, 0.1) is 41.3 Å². The van der Waals surface area contributed by atoms with Crippen molar-refractivity contribution < 1.29 is 34.7 Å². The van der Waals surface area contributed by atoms with Crippen molar-refractivity contribution in [2.75, 3.05) is 26.2 Å². The Balaban J connectivity index is 0.866. The van der Waals surface area contributed by atoms with Crippen LogP contribution in [0.3, 0.4) is 0 Å². The van der Waals surface area contributed by atoms with E-state index in [1.807, 2.05) is 57.2 Å². The Hall–Kier alpha value is -6.33. The molecule has 1 amide bonds. The summed E-state index contributed by atoms with van der Waals surface area (Å²) < 4.78 is 14.4. The first-order valence-electron chi connectivity index (χ1n) is 20.6. The molecule has 0 spiro atoms. The van der Waals surface area contributed by atoms with Crippen molar-refractivity contribution in [1.82, 2.24) is 34.1 Å². The van der Waals surface area contributed by atoms with Crippen molar-refractivity contribution in [1.29, 1.82) is 0 Å². The highest BCUT2D eigenvalue weighted by Gasteiger charge is 2.44. The summed E-state index contributed by atoms with van der Waals surface area (Å²) in [6, 6.07) is 17.5. The summed E-state index contributed by atoms with van der Waals surface area (Å²) in [6.45, 7) is 10.6. The van der Waals surface area contributed by atoms with E-state index >= 15 is 0 Å². The molecular formula is C45H47N7O9. The fourth-order valence-corrected chi connectivity index (χ4v) is 8.94. The van der Waals surface area contributed by atoms with Gasteiger partial charge >= 0.3 is 11.8 Å². The van der Waals surface area contributed by atoms with E-state index in [0.717, 1.165) is 22.1 Å². The predicted octanol–water partition coefficient (Wildman–Crippen LogP) is 4.83. The van der Waals surface area contributed by atoms with Crippen molar-refractivity contribution in [2.45, 2.75) is 78.0 Å². The lowest BCUT2D eigenvalue weighted by Crippen LogP contribution is -2.49. The highest BCUT2D eigenvalue weighted by Crippen LogP contribution is 2.42. The Labute approximate surface area is 349 Å². The first-order chi connectivity index (χ1) is 29.3. The van der Waals surface area contributed by atoms with Crippen LogP contribution in [0.25, 0.3) is 39.4 Å². The number of H-pyrrole nitrogens is 1. The first kappa shape index (κ1) is 40.1. The summed E-state index contributed by atoms with van der Waals surface area (Å²) >= 11 is 0. The lowest BCUT2D eigenvalue weighted by Gasteiger charge is -2.37. The monoisotopic (exact) mass is 829 g/mol. The van der Waals surface area contributed by atoms with Crippen LogP contribution >= 0.6 is 0 Å². The number of carbonyl (C=O) groups excluding carboxylic acids is 1. The van der Waals surface area contributed by atoms with Gasteiger partial charge in [0, 0.05) is 60.9 Å². The topological polar surface area (TPSA) is 208 Å². The number of pyridine rings is 2. The maximum absolute atomic E-state index is 13.7. The van der Waals surface area contributed by atoms with Gasteiger partial charge in [-0.25, -0.2) is 24.2 Å². The van der Waals surface area contributed by atoms with Crippen molar-refractivity contribution in [2.24, 2.45) is 0 Å². The van der Waals surface area contributed by atoms with E-state index in [9.17, 15) is 34.8 Å². The van der Waals surface area contributed by atoms with Gasteiger partial charge in [0.15, 0.2) is 12.1 Å². The molecule has 5 N–H and O–H groups in total. The summed E-state index contributed by atoms with van der Waals surface area (Å²) in [5, 5.41) is 50.3. The zero-order valence-electron chi connectivity index (χ0n) is 34.3. The average molecular weight is 830 g/mol. The minimum Gasteiger partial charge on any atom is -0.508 e. The summed E-state index contributed by atoms with van der Waals surface area (Å²) in [6.07, 6.45) is -1.10. The lowest BCUT2D eigenvalue weighted by atomic mass is 9.85. The van der Waals surface area contributed by atoms with E-state index < -0.39 is 23.7 Å². The highest BCUT2D eigenvalue weighted by molar-refractivity contribution is 5.89. The van der Waals surface area contributed by atoms with Crippen LogP contribution in [0.5, 0.6) is 17.2 Å². The van der Waals surface area contributed by atoms with Gasteiger partial charge in [0.2, 0.25) is 0 Å². The van der Waals surface area contributed by atoms with E-state index in [1.54, 1.807) is 34.6 Å². The van der Waals surface area contributed by atoms with Gasteiger partial charge in [0.25, 0.3) is 5.56 Å². The van der Waals surface area contributed by atoms with Crippen LogP contribution in [0.1, 0.15) is 73.4 Å². The van der Waals surface area contributed by atoms with Gasteiger partial charge in [-0.2, -0.15) is 5.10 Å². The zero-order chi connectivity index (χ0) is 42.9. The zero-order valence-corrected chi connectivity index (χ0v) is 34.3. The lowest BCUT2D eigenvalue weighted by molar-refractivity contribution is -0.236. The molecule has 0 bridgehead atoms. The fraction of sp³-hybridized carbons (Fsp3) is 0.356. The van der Waals surface area contributed by atoms with Crippen LogP contribution in [-0.2, 0) is 36.5 Å². The second kappa shape index (κ2) is 15.3. The quantitative estimate of drug-likeness (QED) is 0.140. The number of aryl methyl sites for hydroxylation is 1. The second-order valence-corrected chi connectivity index (χ2v) is 16.3.